The SMILES string of the molecule is CCCCCC#C/C=C/C(CCCCCCC[C]=O)[N+](=O)[O-]. The Balaban J connectivity index is 3.86. The zero-order valence-electron chi connectivity index (χ0n) is 13.7. The molecule has 123 valence electrons. The van der Waals surface area contributed by atoms with E-state index >= 15 is 0 Å². The van der Waals surface area contributed by atoms with Gasteiger partial charge < -0.3 is 0 Å². The molecule has 0 saturated carbocycles. The second-order valence-corrected chi connectivity index (χ2v) is 5.44. The molecule has 0 fully saturated rings. The van der Waals surface area contributed by atoms with E-state index in [0.717, 1.165) is 44.9 Å². The third-order valence-electron chi connectivity index (χ3n) is 3.46. The molecule has 0 heterocycles. The van der Waals surface area contributed by atoms with Crippen molar-refractivity contribution in [3.8, 4) is 11.8 Å². The Kier molecular flexibility index (Phi) is 14.6. The molecule has 0 aromatic heterocycles. The molecule has 22 heavy (non-hydrogen) atoms. The van der Waals surface area contributed by atoms with Crippen LogP contribution in [0.15, 0.2) is 12.2 Å². The molecule has 0 aromatic rings. The molecule has 0 saturated heterocycles. The van der Waals surface area contributed by atoms with Crippen molar-refractivity contribution in [3.05, 3.63) is 22.3 Å². The smallest absolute Gasteiger partial charge is 0.232 e. The zero-order chi connectivity index (χ0) is 16.5. The number of carbonyl (C=O) groups excluding carboxylic acids is 1. The highest BCUT2D eigenvalue weighted by Gasteiger charge is 2.14. The third-order valence-corrected chi connectivity index (χ3v) is 3.46. The fraction of sp³-hybridized carbons (Fsp3) is 0.722. The summed E-state index contributed by atoms with van der Waals surface area (Å²) in [5.41, 5.74) is 0. The normalized spacial score (nSPS) is 11.9. The second kappa shape index (κ2) is 15.8. The predicted octanol–water partition coefficient (Wildman–Crippen LogP) is 4.61. The first-order valence-corrected chi connectivity index (χ1v) is 8.36. The van der Waals surface area contributed by atoms with E-state index in [9.17, 15) is 14.9 Å². The number of rotatable bonds is 13. The van der Waals surface area contributed by atoms with Gasteiger partial charge in [0.05, 0.1) is 0 Å². The van der Waals surface area contributed by atoms with Crippen molar-refractivity contribution in [3.63, 3.8) is 0 Å². The molecule has 0 aliphatic heterocycles. The van der Waals surface area contributed by atoms with Gasteiger partial charge in [-0.05, 0) is 31.4 Å². The van der Waals surface area contributed by atoms with Gasteiger partial charge in [-0.3, -0.25) is 14.9 Å². The van der Waals surface area contributed by atoms with Gasteiger partial charge in [-0.15, -0.1) is 0 Å². The molecule has 4 nitrogen and oxygen atoms in total. The van der Waals surface area contributed by atoms with Crippen LogP contribution in [0, 0.1) is 22.0 Å². The molecule has 0 rings (SSSR count). The molecule has 0 amide bonds. The lowest BCUT2D eigenvalue weighted by atomic mass is 10.1. The summed E-state index contributed by atoms with van der Waals surface area (Å²) in [5.74, 6) is 5.90. The van der Waals surface area contributed by atoms with Crippen LogP contribution in [0.3, 0.4) is 0 Å². The Morgan fingerprint density at radius 2 is 1.73 bits per heavy atom. The van der Waals surface area contributed by atoms with E-state index in [1.807, 2.05) is 6.29 Å². The summed E-state index contributed by atoms with van der Waals surface area (Å²) in [4.78, 5) is 20.8. The Morgan fingerprint density at radius 1 is 1.05 bits per heavy atom. The molecule has 0 aliphatic rings. The molecule has 1 unspecified atom stereocenters. The van der Waals surface area contributed by atoms with Gasteiger partial charge in [0.25, 0.3) is 0 Å². The Hall–Kier alpha value is -1.63. The number of unbranched alkanes of at least 4 members (excludes halogenated alkanes) is 8. The average molecular weight is 306 g/mol. The van der Waals surface area contributed by atoms with E-state index < -0.39 is 6.04 Å². The van der Waals surface area contributed by atoms with Crippen LogP contribution in [0.4, 0.5) is 0 Å². The van der Waals surface area contributed by atoms with Gasteiger partial charge in [-0.25, -0.2) is 0 Å². The van der Waals surface area contributed by atoms with Crippen molar-refractivity contribution < 1.29 is 9.72 Å². The lowest BCUT2D eigenvalue weighted by Gasteiger charge is -2.04. The van der Waals surface area contributed by atoms with E-state index in [4.69, 9.17) is 0 Å². The average Bonchev–Trinajstić information content (AvgIpc) is 2.50. The number of hydrogen-bond donors (Lipinski definition) is 0. The molecular weight excluding hydrogens is 278 g/mol. The van der Waals surface area contributed by atoms with Crippen molar-refractivity contribution in [2.75, 3.05) is 0 Å². The van der Waals surface area contributed by atoms with Gasteiger partial charge in [0, 0.05) is 24.2 Å². The summed E-state index contributed by atoms with van der Waals surface area (Å²) in [6, 6.07) is -0.631. The molecule has 1 atom stereocenters. The Bertz CT molecular complexity index is 380. The van der Waals surface area contributed by atoms with E-state index in [0.29, 0.717) is 12.8 Å². The molecule has 0 aromatic carbocycles. The third kappa shape index (κ3) is 13.4. The predicted molar refractivity (Wildman–Crippen MR) is 89.9 cm³/mol. The van der Waals surface area contributed by atoms with Crippen molar-refractivity contribution in [1.29, 1.82) is 0 Å². The highest BCUT2D eigenvalue weighted by molar-refractivity contribution is 5.50. The lowest BCUT2D eigenvalue weighted by Crippen LogP contribution is -2.16. The zero-order valence-corrected chi connectivity index (χ0v) is 13.7. The van der Waals surface area contributed by atoms with Crippen LogP contribution >= 0.6 is 0 Å². The van der Waals surface area contributed by atoms with Gasteiger partial charge in [-0.2, -0.15) is 0 Å². The molecule has 4 heteroatoms. The number of nitrogens with zero attached hydrogens (tertiary/aromatic N) is 1. The molecule has 0 spiro atoms. The number of hydrogen-bond acceptors (Lipinski definition) is 3. The summed E-state index contributed by atoms with van der Waals surface area (Å²) in [6.07, 6.45) is 15.2. The van der Waals surface area contributed by atoms with Crippen LogP contribution in [0.2, 0.25) is 0 Å². The van der Waals surface area contributed by atoms with E-state index in [1.54, 1.807) is 12.2 Å². The van der Waals surface area contributed by atoms with Gasteiger partial charge in [0.1, 0.15) is 0 Å². The summed E-state index contributed by atoms with van der Waals surface area (Å²) in [7, 11) is 0. The largest absolute Gasteiger partial charge is 0.291 e. The topological polar surface area (TPSA) is 60.2 Å². The maximum Gasteiger partial charge on any atom is 0.232 e. The van der Waals surface area contributed by atoms with Crippen LogP contribution < -0.4 is 0 Å². The minimum absolute atomic E-state index is 0.239. The quantitative estimate of drug-likeness (QED) is 0.216. The molecule has 0 aliphatic carbocycles. The number of nitro groups is 1. The van der Waals surface area contributed by atoms with Gasteiger partial charge in [0.15, 0.2) is 6.29 Å². The minimum atomic E-state index is -0.631. The highest BCUT2D eigenvalue weighted by atomic mass is 16.6. The molecule has 0 bridgehead atoms. The summed E-state index contributed by atoms with van der Waals surface area (Å²) in [6.45, 7) is 2.15. The van der Waals surface area contributed by atoms with Gasteiger partial charge in [-0.1, -0.05) is 50.9 Å². The monoisotopic (exact) mass is 306 g/mol. The summed E-state index contributed by atoms with van der Waals surface area (Å²) < 4.78 is 0. The van der Waals surface area contributed by atoms with Crippen LogP contribution in [0.25, 0.3) is 0 Å². The van der Waals surface area contributed by atoms with Crippen LogP contribution in [-0.4, -0.2) is 17.3 Å². The van der Waals surface area contributed by atoms with Crippen LogP contribution in [0.1, 0.15) is 77.6 Å². The second-order valence-electron chi connectivity index (χ2n) is 5.44. The van der Waals surface area contributed by atoms with Gasteiger partial charge in [0.2, 0.25) is 6.04 Å². The van der Waals surface area contributed by atoms with E-state index in [-0.39, 0.29) is 4.92 Å². The van der Waals surface area contributed by atoms with Crippen molar-refractivity contribution in [2.24, 2.45) is 0 Å². The van der Waals surface area contributed by atoms with Crippen molar-refractivity contribution in [2.45, 2.75) is 83.6 Å². The maximum absolute atomic E-state index is 11.0. The standard InChI is InChI=1S/C18H28NO3/c1-2-3-4-5-6-9-12-15-18(19(21)22)16-13-10-7-8-11-14-17-20/h12,15,18H,2-5,7-8,10-11,13-14,16H2,1H3/b15-12+. The Labute approximate surface area is 134 Å². The lowest BCUT2D eigenvalue weighted by molar-refractivity contribution is -0.510. The van der Waals surface area contributed by atoms with Gasteiger partial charge >= 0.3 is 0 Å². The molecule has 1 radical (unpaired) electrons. The van der Waals surface area contributed by atoms with Crippen LogP contribution in [-0.2, 0) is 4.79 Å². The maximum atomic E-state index is 11.0. The van der Waals surface area contributed by atoms with E-state index in [1.165, 1.54) is 12.8 Å². The van der Waals surface area contributed by atoms with Crippen LogP contribution in [0.5, 0.6) is 0 Å². The first kappa shape index (κ1) is 20.4. The van der Waals surface area contributed by atoms with Crippen molar-refractivity contribution in [1.82, 2.24) is 0 Å². The fourth-order valence-electron chi connectivity index (χ4n) is 2.11. The number of allylic oxidation sites excluding steroid dienone is 1. The first-order chi connectivity index (χ1) is 10.7. The fourth-order valence-corrected chi connectivity index (χ4v) is 2.11. The minimum Gasteiger partial charge on any atom is -0.291 e. The summed E-state index contributed by atoms with van der Waals surface area (Å²) >= 11 is 0. The molecule has 0 N–H and O–H groups in total. The van der Waals surface area contributed by atoms with Crippen molar-refractivity contribution >= 4 is 6.29 Å². The van der Waals surface area contributed by atoms with E-state index in [2.05, 4.69) is 18.8 Å². The Morgan fingerprint density at radius 3 is 2.41 bits per heavy atom. The molecular formula is C18H28NO3. The summed E-state index contributed by atoms with van der Waals surface area (Å²) in [5, 5.41) is 11.0. The first-order valence-electron chi connectivity index (χ1n) is 8.36. The highest BCUT2D eigenvalue weighted by Crippen LogP contribution is 2.10.